The Morgan fingerprint density at radius 1 is 1.00 bits per heavy atom. The Morgan fingerprint density at radius 2 is 1.83 bits per heavy atom. The van der Waals surface area contributed by atoms with Crippen LogP contribution in [-0.2, 0) is 11.4 Å². The molecule has 1 aromatic heterocycles. The number of benzene rings is 3. The monoisotopic (exact) mass is 583 g/mol. The minimum Gasteiger partial charge on any atom is -0.490 e. The highest BCUT2D eigenvalue weighted by molar-refractivity contribution is 7.99. The van der Waals surface area contributed by atoms with Crippen LogP contribution in [0.15, 0.2) is 89.2 Å². The van der Waals surface area contributed by atoms with Gasteiger partial charge in [0.05, 0.1) is 12.2 Å². The molecule has 8 nitrogen and oxygen atoms in total. The van der Waals surface area contributed by atoms with E-state index in [9.17, 15) is 4.79 Å². The summed E-state index contributed by atoms with van der Waals surface area (Å²) in [5.74, 6) is 2.57. The lowest BCUT2D eigenvalue weighted by atomic mass is 9.94. The topological polar surface area (TPSA) is 90.3 Å². The van der Waals surface area contributed by atoms with E-state index in [-0.39, 0.29) is 5.91 Å². The number of ether oxygens (including phenoxy) is 2. The Hall–Kier alpha value is -4.24. The largest absolute Gasteiger partial charge is 0.490 e. The first-order valence-corrected chi connectivity index (χ1v) is 15.3. The first kappa shape index (κ1) is 29.3. The number of anilines is 2. The van der Waals surface area contributed by atoms with Gasteiger partial charge in [0, 0.05) is 17.1 Å². The first-order valence-electron chi connectivity index (χ1n) is 14.4. The Bertz CT molecular complexity index is 1570. The van der Waals surface area contributed by atoms with Crippen molar-refractivity contribution in [3.8, 4) is 11.5 Å². The molecule has 1 unspecified atom stereocenters. The van der Waals surface area contributed by atoms with E-state index in [1.54, 1.807) is 11.8 Å². The number of thioether (sulfide) groups is 1. The normalized spacial score (nSPS) is 14.2. The summed E-state index contributed by atoms with van der Waals surface area (Å²) in [6.45, 7) is 8.90. The molecule has 5 rings (SSSR count). The molecule has 2 heterocycles. The van der Waals surface area contributed by atoms with E-state index in [1.807, 2.05) is 98.2 Å². The summed E-state index contributed by atoms with van der Waals surface area (Å²) in [7, 11) is 0. The number of nitrogens with zero attached hydrogens (tertiary/aromatic N) is 3. The van der Waals surface area contributed by atoms with Gasteiger partial charge in [0.15, 0.2) is 11.5 Å². The van der Waals surface area contributed by atoms with Crippen LogP contribution in [0.1, 0.15) is 56.3 Å². The van der Waals surface area contributed by atoms with Crippen molar-refractivity contribution in [2.45, 2.75) is 58.3 Å². The van der Waals surface area contributed by atoms with Crippen molar-refractivity contribution >= 4 is 29.3 Å². The molecule has 1 aliphatic rings. The molecule has 0 saturated carbocycles. The Balaban J connectivity index is 1.52. The second kappa shape index (κ2) is 13.6. The lowest BCUT2D eigenvalue weighted by molar-refractivity contribution is -0.113. The summed E-state index contributed by atoms with van der Waals surface area (Å²) in [4.78, 5) is 18.7. The zero-order valence-corrected chi connectivity index (χ0v) is 25.3. The van der Waals surface area contributed by atoms with Crippen LogP contribution in [0, 0.1) is 6.92 Å². The Kier molecular flexibility index (Phi) is 9.48. The van der Waals surface area contributed by atoms with Crippen molar-refractivity contribution in [3.05, 3.63) is 101 Å². The molecule has 4 aromatic rings. The third-order valence-corrected chi connectivity index (χ3v) is 7.83. The van der Waals surface area contributed by atoms with Gasteiger partial charge in [-0.2, -0.15) is 4.98 Å². The Labute approximate surface area is 251 Å². The standard InChI is InChI=1S/C33H37N5O3S/c1-5-7-18-42-33-36-32-34-23(4)29(31(39)35-26-15-11-12-22(3)19-26)30(38(32)37-33)25-16-17-27(28(20-25)40-6-2)41-21-24-13-9-8-10-14-24/h8-17,19-20,30H,5-7,18,21H2,1-4H3,(H,35,39)(H,34,36,37). The number of carbonyl (C=O) groups excluding carboxylic acids is 1. The van der Waals surface area contributed by atoms with Crippen molar-refractivity contribution in [1.29, 1.82) is 0 Å². The predicted molar refractivity (Wildman–Crippen MR) is 168 cm³/mol. The molecule has 0 bridgehead atoms. The van der Waals surface area contributed by atoms with Gasteiger partial charge in [0.2, 0.25) is 11.1 Å². The van der Waals surface area contributed by atoms with Crippen LogP contribution >= 0.6 is 11.8 Å². The van der Waals surface area contributed by atoms with Crippen molar-refractivity contribution in [3.63, 3.8) is 0 Å². The number of aromatic nitrogens is 3. The number of allylic oxidation sites excluding steroid dienone is 1. The van der Waals surface area contributed by atoms with Crippen molar-refractivity contribution in [2.75, 3.05) is 23.0 Å². The first-order chi connectivity index (χ1) is 20.5. The van der Waals surface area contributed by atoms with E-state index in [1.165, 1.54) is 0 Å². The molecule has 0 fully saturated rings. The number of aryl methyl sites for hydroxylation is 1. The minimum absolute atomic E-state index is 0.209. The summed E-state index contributed by atoms with van der Waals surface area (Å²) in [6.07, 6.45) is 2.18. The van der Waals surface area contributed by atoms with Crippen molar-refractivity contribution < 1.29 is 14.3 Å². The molecule has 0 saturated heterocycles. The van der Waals surface area contributed by atoms with Crippen LogP contribution in [0.2, 0.25) is 0 Å². The summed E-state index contributed by atoms with van der Waals surface area (Å²) in [5.41, 5.74) is 4.99. The molecule has 1 aliphatic heterocycles. The molecule has 1 amide bonds. The number of hydrogen-bond donors (Lipinski definition) is 2. The van der Waals surface area contributed by atoms with Gasteiger partial charge in [-0.05, 0) is 68.1 Å². The maximum absolute atomic E-state index is 13.9. The maximum Gasteiger partial charge on any atom is 0.255 e. The summed E-state index contributed by atoms with van der Waals surface area (Å²) in [6, 6.07) is 23.1. The molecule has 0 spiro atoms. The second-order valence-corrected chi connectivity index (χ2v) is 11.2. The summed E-state index contributed by atoms with van der Waals surface area (Å²) in [5, 5.41) is 12.0. The summed E-state index contributed by atoms with van der Waals surface area (Å²) >= 11 is 1.62. The minimum atomic E-state index is -0.526. The molecule has 218 valence electrons. The number of rotatable bonds is 12. The van der Waals surface area contributed by atoms with Crippen molar-refractivity contribution in [1.82, 2.24) is 14.8 Å². The van der Waals surface area contributed by atoms with Crippen LogP contribution in [-0.4, -0.2) is 33.0 Å². The lowest BCUT2D eigenvalue weighted by Gasteiger charge is -2.29. The fraction of sp³-hybridized carbons (Fsp3) is 0.303. The highest BCUT2D eigenvalue weighted by atomic mass is 32.2. The molecule has 9 heteroatoms. The van der Waals surface area contributed by atoms with E-state index in [2.05, 4.69) is 17.6 Å². The average Bonchev–Trinajstić information content (AvgIpc) is 3.38. The molecule has 0 aliphatic carbocycles. The highest BCUT2D eigenvalue weighted by Gasteiger charge is 2.35. The summed E-state index contributed by atoms with van der Waals surface area (Å²) < 4.78 is 14.0. The van der Waals surface area contributed by atoms with Crippen molar-refractivity contribution in [2.24, 2.45) is 0 Å². The van der Waals surface area contributed by atoms with E-state index in [0.29, 0.717) is 41.4 Å². The molecule has 2 N–H and O–H groups in total. The highest BCUT2D eigenvalue weighted by Crippen LogP contribution is 2.40. The Morgan fingerprint density at radius 3 is 2.60 bits per heavy atom. The van der Waals surface area contributed by atoms with Gasteiger partial charge < -0.3 is 20.1 Å². The van der Waals surface area contributed by atoms with E-state index >= 15 is 0 Å². The van der Waals surface area contributed by atoms with Crippen LogP contribution in [0.4, 0.5) is 11.6 Å². The van der Waals surface area contributed by atoms with Gasteiger partial charge in [0.25, 0.3) is 5.91 Å². The van der Waals surface area contributed by atoms with Gasteiger partial charge in [-0.1, -0.05) is 73.6 Å². The molecular formula is C33H37N5O3S. The van der Waals surface area contributed by atoms with Gasteiger partial charge in [-0.3, -0.25) is 4.79 Å². The van der Waals surface area contributed by atoms with Crippen LogP contribution in [0.5, 0.6) is 11.5 Å². The quantitative estimate of drug-likeness (QED) is 0.133. The molecule has 0 radical (unpaired) electrons. The predicted octanol–water partition coefficient (Wildman–Crippen LogP) is 7.38. The third kappa shape index (κ3) is 6.79. The molecular weight excluding hydrogens is 546 g/mol. The number of hydrogen-bond acceptors (Lipinski definition) is 7. The van der Waals surface area contributed by atoms with Gasteiger partial charge in [-0.25, -0.2) is 4.68 Å². The smallest absolute Gasteiger partial charge is 0.255 e. The third-order valence-electron chi connectivity index (χ3n) is 6.90. The zero-order chi connectivity index (χ0) is 29.5. The average molecular weight is 584 g/mol. The molecule has 42 heavy (non-hydrogen) atoms. The lowest BCUT2D eigenvalue weighted by Crippen LogP contribution is -2.31. The second-order valence-electron chi connectivity index (χ2n) is 10.2. The fourth-order valence-corrected chi connectivity index (χ4v) is 5.75. The van der Waals surface area contributed by atoms with Crippen LogP contribution in [0.3, 0.4) is 0 Å². The van der Waals surface area contributed by atoms with Crippen LogP contribution < -0.4 is 20.1 Å². The van der Waals surface area contributed by atoms with Gasteiger partial charge in [0.1, 0.15) is 12.6 Å². The maximum atomic E-state index is 13.9. The SMILES string of the molecule is CCCCSc1nc2n(n1)C(c1ccc(OCc3ccccc3)c(OCC)c1)C(C(=O)Nc1cccc(C)c1)=C(C)N2. The van der Waals surface area contributed by atoms with E-state index in [4.69, 9.17) is 19.6 Å². The van der Waals surface area contributed by atoms with Gasteiger partial charge in [-0.15, -0.1) is 5.10 Å². The number of fused-ring (bicyclic) bond motifs is 1. The van der Waals surface area contributed by atoms with Gasteiger partial charge >= 0.3 is 0 Å². The van der Waals surface area contributed by atoms with Crippen LogP contribution in [0.25, 0.3) is 0 Å². The fourth-order valence-electron chi connectivity index (χ4n) is 4.84. The molecule has 1 atom stereocenters. The van der Waals surface area contributed by atoms with E-state index in [0.717, 1.165) is 46.7 Å². The van der Waals surface area contributed by atoms with E-state index < -0.39 is 6.04 Å². The number of carbonyl (C=O) groups is 1. The number of unbranched alkanes of at least 4 members (excludes halogenated alkanes) is 1. The number of amides is 1. The number of nitrogens with one attached hydrogen (secondary N) is 2. The molecule has 3 aromatic carbocycles. The zero-order valence-electron chi connectivity index (χ0n) is 24.5.